The summed E-state index contributed by atoms with van der Waals surface area (Å²) in [6, 6.07) is 1.34. The Morgan fingerprint density at radius 1 is 1.04 bits per heavy atom. The van der Waals surface area contributed by atoms with Gasteiger partial charge in [0.1, 0.15) is 5.60 Å². The van der Waals surface area contributed by atoms with Crippen LogP contribution in [0.2, 0.25) is 0 Å². The molecule has 0 spiro atoms. The van der Waals surface area contributed by atoms with Gasteiger partial charge in [0.2, 0.25) is 0 Å². The number of carbonyl (C=O) groups excluding carboxylic acids is 1. The Hall–Kier alpha value is -0.620. The van der Waals surface area contributed by atoms with E-state index in [2.05, 4.69) is 5.32 Å². The van der Waals surface area contributed by atoms with E-state index in [1.54, 1.807) is 4.90 Å². The summed E-state index contributed by atoms with van der Waals surface area (Å²) < 4.78 is 16.9. The first-order valence-electron chi connectivity index (χ1n) is 8.81. The Labute approximate surface area is 143 Å². The minimum absolute atomic E-state index is 0.219. The second-order valence-electron chi connectivity index (χ2n) is 7.89. The quantitative estimate of drug-likeness (QED) is 0.855. The molecule has 1 aliphatic heterocycles. The molecule has 0 radical (unpaired) electrons. The van der Waals surface area contributed by atoms with Gasteiger partial charge in [-0.2, -0.15) is 0 Å². The average Bonchev–Trinajstić information content (AvgIpc) is 2.48. The van der Waals surface area contributed by atoms with E-state index in [1.807, 2.05) is 27.8 Å². The Bertz CT molecular complexity index is 418. The number of rotatable bonds is 3. The third-order valence-electron chi connectivity index (χ3n) is 4.79. The largest absolute Gasteiger partial charge is 0.444 e. The number of carbonyl (C=O) groups is 1. The molecular formula is C17H32N2O3S. The minimum Gasteiger partial charge on any atom is -0.444 e. The molecule has 1 heterocycles. The smallest absolute Gasteiger partial charge is 0.410 e. The van der Waals surface area contributed by atoms with Gasteiger partial charge >= 0.3 is 6.09 Å². The molecule has 0 aromatic rings. The lowest BCUT2D eigenvalue weighted by molar-refractivity contribution is 0.0178. The normalized spacial score (nSPS) is 32.3. The van der Waals surface area contributed by atoms with Crippen LogP contribution in [0, 0.1) is 0 Å². The molecule has 2 aliphatic rings. The van der Waals surface area contributed by atoms with Crippen molar-refractivity contribution >= 4 is 16.9 Å². The van der Waals surface area contributed by atoms with Gasteiger partial charge in [-0.05, 0) is 59.3 Å². The van der Waals surface area contributed by atoms with E-state index < -0.39 is 16.4 Å². The van der Waals surface area contributed by atoms with E-state index in [9.17, 15) is 9.00 Å². The molecule has 2 rings (SSSR count). The summed E-state index contributed by atoms with van der Waals surface area (Å²) in [5.74, 6) is 1.68. The van der Waals surface area contributed by atoms with Crippen LogP contribution in [0.15, 0.2) is 0 Å². The van der Waals surface area contributed by atoms with Crippen LogP contribution in [0.3, 0.4) is 0 Å². The van der Waals surface area contributed by atoms with Crippen LogP contribution >= 0.6 is 0 Å². The van der Waals surface area contributed by atoms with Gasteiger partial charge in [-0.1, -0.05) is 0 Å². The number of amides is 1. The maximum atomic E-state index is 12.1. The van der Waals surface area contributed by atoms with Crippen LogP contribution in [0.4, 0.5) is 4.79 Å². The molecule has 0 aromatic heterocycles. The fourth-order valence-electron chi connectivity index (χ4n) is 3.41. The molecule has 0 unspecified atom stereocenters. The number of ether oxygens (including phenoxy) is 1. The van der Waals surface area contributed by atoms with E-state index in [0.29, 0.717) is 12.1 Å². The van der Waals surface area contributed by atoms with Crippen molar-refractivity contribution in [3.8, 4) is 0 Å². The lowest BCUT2D eigenvalue weighted by atomic mass is 9.89. The SMILES string of the molecule is CN(C(=O)OC(C)(C)C)C1CCC(NC2CCS(=O)CC2)CC1. The maximum Gasteiger partial charge on any atom is 0.410 e. The molecule has 5 nitrogen and oxygen atoms in total. The molecule has 1 amide bonds. The van der Waals surface area contributed by atoms with Crippen LogP contribution in [-0.4, -0.2) is 57.5 Å². The predicted octanol–water partition coefficient (Wildman–Crippen LogP) is 2.67. The number of nitrogens with zero attached hydrogens (tertiary/aromatic N) is 1. The molecule has 1 aliphatic carbocycles. The van der Waals surface area contributed by atoms with Crippen molar-refractivity contribution in [1.82, 2.24) is 10.2 Å². The topological polar surface area (TPSA) is 58.6 Å². The van der Waals surface area contributed by atoms with Crippen LogP contribution in [-0.2, 0) is 15.5 Å². The van der Waals surface area contributed by atoms with Gasteiger partial charge in [0, 0.05) is 47.5 Å². The number of nitrogens with one attached hydrogen (secondary N) is 1. The highest BCUT2D eigenvalue weighted by Crippen LogP contribution is 2.25. The van der Waals surface area contributed by atoms with E-state index in [0.717, 1.165) is 50.0 Å². The Morgan fingerprint density at radius 3 is 2.09 bits per heavy atom. The van der Waals surface area contributed by atoms with Crippen molar-refractivity contribution in [2.75, 3.05) is 18.6 Å². The van der Waals surface area contributed by atoms with Gasteiger partial charge < -0.3 is 15.0 Å². The Morgan fingerprint density at radius 2 is 1.57 bits per heavy atom. The summed E-state index contributed by atoms with van der Waals surface area (Å²) in [7, 11) is 1.26. The highest BCUT2D eigenvalue weighted by Gasteiger charge is 2.30. The standard InChI is InChI=1S/C17H32N2O3S/c1-17(2,3)22-16(20)19(4)15-7-5-13(6-8-15)18-14-9-11-23(21)12-10-14/h13-15,18H,5-12H2,1-4H3. The van der Waals surface area contributed by atoms with Gasteiger partial charge in [0.25, 0.3) is 0 Å². The Kier molecular flexibility index (Phi) is 6.48. The molecule has 0 bridgehead atoms. The van der Waals surface area contributed by atoms with E-state index in [-0.39, 0.29) is 12.1 Å². The van der Waals surface area contributed by atoms with E-state index >= 15 is 0 Å². The summed E-state index contributed by atoms with van der Waals surface area (Å²) in [5, 5.41) is 3.74. The summed E-state index contributed by atoms with van der Waals surface area (Å²) in [4.78, 5) is 13.9. The molecule has 134 valence electrons. The second-order valence-corrected chi connectivity index (χ2v) is 9.58. The average molecular weight is 345 g/mol. The number of hydrogen-bond donors (Lipinski definition) is 1. The van der Waals surface area contributed by atoms with Gasteiger partial charge in [-0.3, -0.25) is 4.21 Å². The monoisotopic (exact) mass is 344 g/mol. The summed E-state index contributed by atoms with van der Waals surface area (Å²) in [6.07, 6.45) is 6.07. The molecular weight excluding hydrogens is 312 g/mol. The van der Waals surface area contributed by atoms with Gasteiger partial charge in [0.15, 0.2) is 0 Å². The van der Waals surface area contributed by atoms with Crippen LogP contribution in [0.5, 0.6) is 0 Å². The molecule has 1 saturated carbocycles. The highest BCUT2D eigenvalue weighted by atomic mass is 32.2. The molecule has 0 atom stereocenters. The third-order valence-corrected chi connectivity index (χ3v) is 6.17. The zero-order chi connectivity index (χ0) is 17.0. The van der Waals surface area contributed by atoms with E-state index in [1.165, 1.54) is 0 Å². The zero-order valence-corrected chi connectivity index (χ0v) is 15.8. The van der Waals surface area contributed by atoms with E-state index in [4.69, 9.17) is 4.74 Å². The number of hydrogen-bond acceptors (Lipinski definition) is 4. The third kappa shape index (κ3) is 6.07. The molecule has 2 fully saturated rings. The predicted molar refractivity (Wildman–Crippen MR) is 94.1 cm³/mol. The first-order chi connectivity index (χ1) is 10.7. The first kappa shape index (κ1) is 18.7. The summed E-state index contributed by atoms with van der Waals surface area (Å²) >= 11 is 0. The molecule has 1 saturated heterocycles. The summed E-state index contributed by atoms with van der Waals surface area (Å²) in [5.41, 5.74) is -0.439. The van der Waals surface area contributed by atoms with Crippen molar-refractivity contribution in [2.24, 2.45) is 0 Å². The van der Waals surface area contributed by atoms with Gasteiger partial charge in [-0.15, -0.1) is 0 Å². The fraction of sp³-hybridized carbons (Fsp3) is 0.941. The van der Waals surface area contributed by atoms with Crippen LogP contribution < -0.4 is 5.32 Å². The van der Waals surface area contributed by atoms with Crippen molar-refractivity contribution in [2.45, 2.75) is 83.0 Å². The minimum atomic E-state index is -0.591. The van der Waals surface area contributed by atoms with Crippen molar-refractivity contribution in [1.29, 1.82) is 0 Å². The lowest BCUT2D eigenvalue weighted by Crippen LogP contribution is -2.47. The second kappa shape index (κ2) is 7.97. The first-order valence-corrected chi connectivity index (χ1v) is 10.3. The van der Waals surface area contributed by atoms with Crippen molar-refractivity contribution in [3.05, 3.63) is 0 Å². The van der Waals surface area contributed by atoms with Crippen LogP contribution in [0.1, 0.15) is 59.3 Å². The van der Waals surface area contributed by atoms with Gasteiger partial charge in [-0.25, -0.2) is 4.79 Å². The fourth-order valence-corrected chi connectivity index (χ4v) is 4.71. The van der Waals surface area contributed by atoms with Gasteiger partial charge in [0.05, 0.1) is 0 Å². The van der Waals surface area contributed by atoms with Crippen molar-refractivity contribution in [3.63, 3.8) is 0 Å². The molecule has 23 heavy (non-hydrogen) atoms. The molecule has 1 N–H and O–H groups in total. The maximum absolute atomic E-state index is 12.1. The Balaban J connectivity index is 1.73. The zero-order valence-electron chi connectivity index (χ0n) is 15.0. The lowest BCUT2D eigenvalue weighted by Gasteiger charge is -2.37. The summed E-state index contributed by atoms with van der Waals surface area (Å²) in [6.45, 7) is 5.70. The van der Waals surface area contributed by atoms with Crippen molar-refractivity contribution < 1.29 is 13.7 Å². The highest BCUT2D eigenvalue weighted by molar-refractivity contribution is 7.85. The molecule has 6 heteroatoms. The van der Waals surface area contributed by atoms with Crippen LogP contribution in [0.25, 0.3) is 0 Å². The molecule has 0 aromatic carbocycles.